The van der Waals surface area contributed by atoms with Crippen molar-refractivity contribution >= 4 is 0 Å². The van der Waals surface area contributed by atoms with Gasteiger partial charge in [0.15, 0.2) is 0 Å². The molecule has 1 aliphatic carbocycles. The van der Waals surface area contributed by atoms with Gasteiger partial charge in [0.1, 0.15) is 5.82 Å². The van der Waals surface area contributed by atoms with Crippen molar-refractivity contribution in [3.8, 4) is 0 Å². The Hall–Kier alpha value is -1.61. The van der Waals surface area contributed by atoms with Crippen LogP contribution in [0.5, 0.6) is 0 Å². The molecule has 112 valence electrons. The molecule has 3 heteroatoms. The number of imidazole rings is 1. The van der Waals surface area contributed by atoms with E-state index in [-0.39, 0.29) is 6.04 Å². The highest BCUT2D eigenvalue weighted by Gasteiger charge is 2.21. The fourth-order valence-electron chi connectivity index (χ4n) is 3.00. The Labute approximate surface area is 127 Å². The van der Waals surface area contributed by atoms with Crippen LogP contribution in [0, 0.1) is 0 Å². The summed E-state index contributed by atoms with van der Waals surface area (Å²) >= 11 is 0. The molecule has 0 spiro atoms. The normalized spacial score (nSPS) is 16.7. The average Bonchev–Trinajstić information content (AvgIpc) is 2.85. The molecular formula is C18H25N3. The van der Waals surface area contributed by atoms with Crippen LogP contribution in [0.4, 0.5) is 0 Å². The van der Waals surface area contributed by atoms with Crippen molar-refractivity contribution in [3.05, 3.63) is 53.6 Å². The van der Waals surface area contributed by atoms with Crippen LogP contribution in [0.1, 0.15) is 61.5 Å². The monoisotopic (exact) mass is 283 g/mol. The zero-order valence-corrected chi connectivity index (χ0v) is 13.0. The van der Waals surface area contributed by atoms with Crippen molar-refractivity contribution in [2.75, 3.05) is 6.54 Å². The van der Waals surface area contributed by atoms with E-state index in [1.54, 1.807) is 0 Å². The Morgan fingerprint density at radius 1 is 1.29 bits per heavy atom. The van der Waals surface area contributed by atoms with Gasteiger partial charge in [-0.3, -0.25) is 0 Å². The molecule has 3 nitrogen and oxygen atoms in total. The van der Waals surface area contributed by atoms with E-state index in [0.717, 1.165) is 24.7 Å². The van der Waals surface area contributed by atoms with Crippen LogP contribution in [0.15, 0.2) is 36.7 Å². The SMILES string of the molecule is CCCNC(c1ccc(C2CCC2)cc1)c1nccn1C. The molecule has 2 aromatic rings. The molecule has 1 aliphatic rings. The molecule has 1 heterocycles. The van der Waals surface area contributed by atoms with Crippen LogP contribution >= 0.6 is 0 Å². The number of hydrogen-bond acceptors (Lipinski definition) is 2. The average molecular weight is 283 g/mol. The summed E-state index contributed by atoms with van der Waals surface area (Å²) in [6, 6.07) is 9.34. The minimum Gasteiger partial charge on any atom is -0.336 e. The van der Waals surface area contributed by atoms with E-state index in [1.807, 2.05) is 12.4 Å². The minimum atomic E-state index is 0.181. The number of nitrogens with one attached hydrogen (secondary N) is 1. The van der Waals surface area contributed by atoms with E-state index < -0.39 is 0 Å². The Morgan fingerprint density at radius 2 is 2.05 bits per heavy atom. The molecule has 1 saturated carbocycles. The number of benzene rings is 1. The third-order valence-electron chi connectivity index (χ3n) is 4.56. The summed E-state index contributed by atoms with van der Waals surface area (Å²) in [5.74, 6) is 1.88. The van der Waals surface area contributed by atoms with Crippen molar-refractivity contribution in [2.45, 2.75) is 44.6 Å². The summed E-state index contributed by atoms with van der Waals surface area (Å²) in [6.07, 6.45) is 9.12. The quantitative estimate of drug-likeness (QED) is 0.874. The van der Waals surface area contributed by atoms with Crippen molar-refractivity contribution in [1.29, 1.82) is 0 Å². The second-order valence-corrected chi connectivity index (χ2v) is 6.08. The molecule has 3 rings (SSSR count). The molecular weight excluding hydrogens is 258 g/mol. The predicted octanol–water partition coefficient (Wildman–Crippen LogP) is 3.78. The molecule has 0 amide bonds. The maximum Gasteiger partial charge on any atom is 0.130 e. The van der Waals surface area contributed by atoms with Crippen LogP contribution in [-0.4, -0.2) is 16.1 Å². The highest BCUT2D eigenvalue weighted by Crippen LogP contribution is 2.36. The Balaban J connectivity index is 1.83. The first-order valence-corrected chi connectivity index (χ1v) is 8.10. The van der Waals surface area contributed by atoms with Gasteiger partial charge in [-0.1, -0.05) is 37.6 Å². The largest absolute Gasteiger partial charge is 0.336 e. The number of aryl methyl sites for hydroxylation is 1. The van der Waals surface area contributed by atoms with Gasteiger partial charge in [-0.2, -0.15) is 0 Å². The van der Waals surface area contributed by atoms with E-state index in [1.165, 1.54) is 30.4 Å². The smallest absolute Gasteiger partial charge is 0.130 e. The van der Waals surface area contributed by atoms with Crippen molar-refractivity contribution in [1.82, 2.24) is 14.9 Å². The van der Waals surface area contributed by atoms with Gasteiger partial charge in [-0.25, -0.2) is 4.98 Å². The van der Waals surface area contributed by atoms with Gasteiger partial charge >= 0.3 is 0 Å². The minimum absolute atomic E-state index is 0.181. The maximum atomic E-state index is 4.53. The topological polar surface area (TPSA) is 29.9 Å². The van der Waals surface area contributed by atoms with Gasteiger partial charge in [0.25, 0.3) is 0 Å². The second kappa shape index (κ2) is 6.44. The van der Waals surface area contributed by atoms with Crippen LogP contribution in [0.3, 0.4) is 0 Å². The first kappa shape index (κ1) is 14.3. The van der Waals surface area contributed by atoms with Crippen LogP contribution in [0.2, 0.25) is 0 Å². The molecule has 1 aromatic heterocycles. The Kier molecular flexibility index (Phi) is 4.39. The van der Waals surface area contributed by atoms with Crippen LogP contribution < -0.4 is 5.32 Å². The third kappa shape index (κ3) is 3.03. The van der Waals surface area contributed by atoms with Gasteiger partial charge in [0.2, 0.25) is 0 Å². The first-order valence-electron chi connectivity index (χ1n) is 8.10. The first-order chi connectivity index (χ1) is 10.3. The lowest BCUT2D eigenvalue weighted by Gasteiger charge is -2.26. The standard InChI is InChI=1S/C18H25N3/c1-3-11-19-17(18-20-12-13-21(18)2)16-9-7-15(8-10-16)14-5-4-6-14/h7-10,12-14,17,19H,3-6,11H2,1-2H3. The Bertz CT molecular complexity index is 566. The zero-order valence-electron chi connectivity index (χ0n) is 13.0. The summed E-state index contributed by atoms with van der Waals surface area (Å²) in [5, 5.41) is 3.62. The summed E-state index contributed by atoms with van der Waals surface area (Å²) in [5.41, 5.74) is 2.81. The number of hydrogen-bond donors (Lipinski definition) is 1. The summed E-state index contributed by atoms with van der Waals surface area (Å²) in [4.78, 5) is 4.53. The predicted molar refractivity (Wildman–Crippen MR) is 86.4 cm³/mol. The van der Waals surface area contributed by atoms with Gasteiger partial charge in [0, 0.05) is 19.4 Å². The Morgan fingerprint density at radius 3 is 2.57 bits per heavy atom. The zero-order chi connectivity index (χ0) is 14.7. The molecule has 0 aliphatic heterocycles. The molecule has 1 N–H and O–H groups in total. The molecule has 1 atom stereocenters. The van der Waals surface area contributed by atoms with Crippen molar-refractivity contribution in [2.24, 2.45) is 7.05 Å². The fourth-order valence-corrected chi connectivity index (χ4v) is 3.00. The van der Waals surface area contributed by atoms with Crippen molar-refractivity contribution in [3.63, 3.8) is 0 Å². The molecule has 0 saturated heterocycles. The third-order valence-corrected chi connectivity index (χ3v) is 4.56. The van der Waals surface area contributed by atoms with E-state index >= 15 is 0 Å². The fraction of sp³-hybridized carbons (Fsp3) is 0.500. The van der Waals surface area contributed by atoms with Crippen molar-refractivity contribution < 1.29 is 0 Å². The lowest BCUT2D eigenvalue weighted by atomic mass is 9.80. The van der Waals surface area contributed by atoms with E-state index in [0.29, 0.717) is 0 Å². The summed E-state index contributed by atoms with van der Waals surface area (Å²) < 4.78 is 2.10. The van der Waals surface area contributed by atoms with Crippen LogP contribution in [0.25, 0.3) is 0 Å². The summed E-state index contributed by atoms with van der Waals surface area (Å²) in [7, 11) is 2.06. The molecule has 0 bridgehead atoms. The maximum absolute atomic E-state index is 4.53. The second-order valence-electron chi connectivity index (χ2n) is 6.08. The van der Waals surface area contributed by atoms with Gasteiger partial charge in [0.05, 0.1) is 6.04 Å². The number of aromatic nitrogens is 2. The molecule has 1 aromatic carbocycles. The van der Waals surface area contributed by atoms with Gasteiger partial charge < -0.3 is 9.88 Å². The highest BCUT2D eigenvalue weighted by atomic mass is 15.1. The van der Waals surface area contributed by atoms with Gasteiger partial charge in [-0.05, 0) is 42.9 Å². The summed E-state index contributed by atoms with van der Waals surface area (Å²) in [6.45, 7) is 3.20. The van der Waals surface area contributed by atoms with E-state index in [9.17, 15) is 0 Å². The van der Waals surface area contributed by atoms with E-state index in [2.05, 4.69) is 53.1 Å². The van der Waals surface area contributed by atoms with Gasteiger partial charge in [-0.15, -0.1) is 0 Å². The van der Waals surface area contributed by atoms with E-state index in [4.69, 9.17) is 0 Å². The molecule has 21 heavy (non-hydrogen) atoms. The number of rotatable bonds is 6. The molecule has 1 unspecified atom stereocenters. The van der Waals surface area contributed by atoms with Crippen LogP contribution in [-0.2, 0) is 7.05 Å². The molecule has 0 radical (unpaired) electrons. The lowest BCUT2D eigenvalue weighted by Crippen LogP contribution is -2.25. The lowest BCUT2D eigenvalue weighted by molar-refractivity contribution is 0.419. The highest BCUT2D eigenvalue weighted by molar-refractivity contribution is 5.31. The number of nitrogens with zero attached hydrogens (tertiary/aromatic N) is 2. The molecule has 1 fully saturated rings.